The molecule has 2 amide bonds. The van der Waals surface area contributed by atoms with Crippen LogP contribution in [-0.4, -0.2) is 62.1 Å². The monoisotopic (exact) mass is 565 g/mol. The summed E-state index contributed by atoms with van der Waals surface area (Å²) in [5, 5.41) is 15.6. The van der Waals surface area contributed by atoms with Gasteiger partial charge in [-0.2, -0.15) is 13.2 Å². The fourth-order valence-electron chi connectivity index (χ4n) is 5.68. The van der Waals surface area contributed by atoms with Crippen LogP contribution in [0.25, 0.3) is 10.4 Å². The first-order valence-electron chi connectivity index (χ1n) is 13.5. The summed E-state index contributed by atoms with van der Waals surface area (Å²) in [5.74, 6) is -0.565. The summed E-state index contributed by atoms with van der Waals surface area (Å²) >= 11 is 0.738. The number of pyridine rings is 1. The molecule has 12 heteroatoms. The van der Waals surface area contributed by atoms with E-state index in [1.54, 1.807) is 4.90 Å². The molecule has 2 aromatic rings. The van der Waals surface area contributed by atoms with E-state index in [9.17, 15) is 27.9 Å². The minimum Gasteiger partial charge on any atom is -0.389 e. The average Bonchev–Trinajstić information content (AvgIpc) is 3.32. The molecule has 0 radical (unpaired) electrons. The highest BCUT2D eigenvalue weighted by Crippen LogP contribution is 2.44. The zero-order valence-electron chi connectivity index (χ0n) is 22.3. The number of anilines is 1. The van der Waals surface area contributed by atoms with Gasteiger partial charge in [-0.1, -0.05) is 6.92 Å². The Labute approximate surface area is 229 Å². The van der Waals surface area contributed by atoms with Gasteiger partial charge in [-0.05, 0) is 70.8 Å². The molecule has 2 aliphatic heterocycles. The molecule has 4 heterocycles. The van der Waals surface area contributed by atoms with Crippen molar-refractivity contribution >= 4 is 29.0 Å². The van der Waals surface area contributed by atoms with E-state index in [1.165, 1.54) is 13.8 Å². The van der Waals surface area contributed by atoms with Gasteiger partial charge in [0.05, 0.1) is 16.0 Å². The van der Waals surface area contributed by atoms with Crippen LogP contribution in [0.3, 0.4) is 0 Å². The molecular formula is C27H34F3N5O3S. The number of rotatable bonds is 9. The molecule has 0 aromatic carbocycles. The van der Waals surface area contributed by atoms with Gasteiger partial charge in [0.15, 0.2) is 5.01 Å². The first-order chi connectivity index (χ1) is 18.4. The molecule has 0 spiro atoms. The standard InChI is InChI=1S/C27H34F3N5O3S/c1-4-19(14-5-6-14)33-20-11-18(27(28,29)30)17(12-31-20)22-21(25(37)35-15-7-8-16(35)10-9-15)34-24(39-22)23(36)32-13-26(2,3)38/h11-12,14-16,19,38H,4-10,13H2,1-3H3,(H,31,33)(H,32,36)/t15?,16?,19-/m1/s1. The Morgan fingerprint density at radius 3 is 2.33 bits per heavy atom. The van der Waals surface area contributed by atoms with E-state index in [-0.39, 0.29) is 51.6 Å². The number of hydrogen-bond acceptors (Lipinski definition) is 7. The molecule has 3 aliphatic rings. The first kappa shape index (κ1) is 27.8. The number of carbonyl (C=O) groups excluding carboxylic acids is 2. The summed E-state index contributed by atoms with van der Waals surface area (Å²) in [5.41, 5.74) is -2.57. The third kappa shape index (κ3) is 5.91. The van der Waals surface area contributed by atoms with Crippen LogP contribution < -0.4 is 10.6 Å². The highest BCUT2D eigenvalue weighted by atomic mass is 32.1. The van der Waals surface area contributed by atoms with Crippen LogP contribution in [0, 0.1) is 5.92 Å². The van der Waals surface area contributed by atoms with Gasteiger partial charge >= 0.3 is 6.18 Å². The summed E-state index contributed by atoms with van der Waals surface area (Å²) in [4.78, 5) is 36.9. The number of hydrogen-bond donors (Lipinski definition) is 3. The number of nitrogens with zero attached hydrogens (tertiary/aromatic N) is 3. The number of alkyl halides is 3. The maximum Gasteiger partial charge on any atom is 0.417 e. The number of fused-ring (bicyclic) bond motifs is 2. The predicted molar refractivity (Wildman–Crippen MR) is 142 cm³/mol. The van der Waals surface area contributed by atoms with E-state index in [0.717, 1.165) is 68.5 Å². The SMILES string of the molecule is CC[C@@H](Nc1cc(C(F)(F)F)c(-c2sc(C(=O)NCC(C)(C)O)nc2C(=O)N2C3CCC2CC3)cn1)C1CC1. The van der Waals surface area contributed by atoms with Crippen molar-refractivity contribution < 1.29 is 27.9 Å². The quantitative estimate of drug-likeness (QED) is 0.391. The lowest BCUT2D eigenvalue weighted by Crippen LogP contribution is -2.38. The van der Waals surface area contributed by atoms with Crippen molar-refractivity contribution in [3.05, 3.63) is 28.5 Å². The van der Waals surface area contributed by atoms with E-state index in [0.29, 0.717) is 5.92 Å². The molecule has 1 saturated carbocycles. The zero-order valence-corrected chi connectivity index (χ0v) is 23.1. The van der Waals surface area contributed by atoms with Crippen LogP contribution in [0.2, 0.25) is 0 Å². The number of aliphatic hydroxyl groups is 1. The minimum absolute atomic E-state index is 0.0275. The van der Waals surface area contributed by atoms with Gasteiger partial charge in [0.1, 0.15) is 11.5 Å². The number of aromatic nitrogens is 2. The molecule has 0 unspecified atom stereocenters. The second kappa shape index (κ2) is 10.3. The van der Waals surface area contributed by atoms with E-state index in [1.807, 2.05) is 6.92 Å². The number of nitrogens with one attached hydrogen (secondary N) is 2. The number of halogens is 3. The van der Waals surface area contributed by atoms with Crippen molar-refractivity contribution in [2.24, 2.45) is 5.92 Å². The predicted octanol–water partition coefficient (Wildman–Crippen LogP) is 5.09. The molecule has 5 rings (SSSR count). The molecule has 8 nitrogen and oxygen atoms in total. The third-order valence-electron chi connectivity index (χ3n) is 7.81. The summed E-state index contributed by atoms with van der Waals surface area (Å²) in [6.07, 6.45) is 2.66. The lowest BCUT2D eigenvalue weighted by molar-refractivity contribution is -0.137. The molecule has 1 aliphatic carbocycles. The van der Waals surface area contributed by atoms with E-state index < -0.39 is 29.2 Å². The normalized spacial score (nSPS) is 21.8. The Morgan fingerprint density at radius 2 is 1.79 bits per heavy atom. The zero-order chi connectivity index (χ0) is 28.1. The van der Waals surface area contributed by atoms with Crippen LogP contribution in [-0.2, 0) is 6.18 Å². The molecule has 3 fully saturated rings. The van der Waals surface area contributed by atoms with Gasteiger partial charge in [0.2, 0.25) is 0 Å². The maximum atomic E-state index is 14.4. The van der Waals surface area contributed by atoms with E-state index in [4.69, 9.17) is 0 Å². The summed E-state index contributed by atoms with van der Waals surface area (Å²) in [6, 6.07) is 1.10. The van der Waals surface area contributed by atoms with Crippen LogP contribution in [0.5, 0.6) is 0 Å². The van der Waals surface area contributed by atoms with Gasteiger partial charge in [-0.15, -0.1) is 11.3 Å². The van der Waals surface area contributed by atoms with Crippen LogP contribution >= 0.6 is 11.3 Å². The van der Waals surface area contributed by atoms with Crippen molar-refractivity contribution in [1.82, 2.24) is 20.2 Å². The average molecular weight is 566 g/mol. The van der Waals surface area contributed by atoms with Crippen molar-refractivity contribution in [3.63, 3.8) is 0 Å². The van der Waals surface area contributed by atoms with Crippen molar-refractivity contribution in [3.8, 4) is 10.4 Å². The van der Waals surface area contributed by atoms with Gasteiger partial charge in [-0.25, -0.2) is 9.97 Å². The molecule has 2 bridgehead atoms. The Hall–Kier alpha value is -2.73. The smallest absolute Gasteiger partial charge is 0.389 e. The largest absolute Gasteiger partial charge is 0.417 e. The minimum atomic E-state index is -4.73. The second-order valence-corrected chi connectivity index (χ2v) is 12.5. The lowest BCUT2D eigenvalue weighted by Gasteiger charge is -2.22. The number of carbonyl (C=O) groups is 2. The van der Waals surface area contributed by atoms with Gasteiger partial charge in [0.25, 0.3) is 11.8 Å². The fraction of sp³-hybridized carbons (Fsp3) is 0.630. The van der Waals surface area contributed by atoms with E-state index in [2.05, 4.69) is 20.6 Å². The Bertz CT molecular complexity index is 1230. The summed E-state index contributed by atoms with van der Waals surface area (Å²) in [7, 11) is 0. The van der Waals surface area contributed by atoms with Crippen molar-refractivity contribution in [2.45, 2.75) is 95.6 Å². The lowest BCUT2D eigenvalue weighted by atomic mass is 10.0. The molecule has 212 valence electrons. The van der Waals surface area contributed by atoms with Gasteiger partial charge < -0.3 is 20.6 Å². The highest BCUT2D eigenvalue weighted by Gasteiger charge is 2.45. The van der Waals surface area contributed by atoms with Gasteiger partial charge in [-0.3, -0.25) is 9.59 Å². The summed E-state index contributed by atoms with van der Waals surface area (Å²) < 4.78 is 43.2. The van der Waals surface area contributed by atoms with Crippen molar-refractivity contribution in [2.75, 3.05) is 11.9 Å². The van der Waals surface area contributed by atoms with Crippen molar-refractivity contribution in [1.29, 1.82) is 0 Å². The number of amides is 2. The van der Waals surface area contributed by atoms with Crippen LogP contribution in [0.15, 0.2) is 12.3 Å². The number of thiazole rings is 1. The van der Waals surface area contributed by atoms with Crippen LogP contribution in [0.1, 0.15) is 91.6 Å². The Balaban J connectivity index is 1.55. The molecule has 2 saturated heterocycles. The van der Waals surface area contributed by atoms with E-state index >= 15 is 0 Å². The molecular weight excluding hydrogens is 531 g/mol. The van der Waals surface area contributed by atoms with Crippen LogP contribution in [0.4, 0.5) is 19.0 Å². The fourth-order valence-corrected chi connectivity index (χ4v) is 6.67. The molecule has 39 heavy (non-hydrogen) atoms. The topological polar surface area (TPSA) is 107 Å². The Kier molecular flexibility index (Phi) is 7.38. The Morgan fingerprint density at radius 1 is 1.15 bits per heavy atom. The maximum absolute atomic E-state index is 14.4. The first-order valence-corrected chi connectivity index (χ1v) is 14.4. The summed E-state index contributed by atoms with van der Waals surface area (Å²) in [6.45, 7) is 4.93. The third-order valence-corrected chi connectivity index (χ3v) is 8.90. The highest BCUT2D eigenvalue weighted by molar-refractivity contribution is 7.17. The second-order valence-electron chi connectivity index (χ2n) is 11.5. The molecule has 1 atom stereocenters. The molecule has 3 N–H and O–H groups in total. The molecule has 2 aromatic heterocycles. The van der Waals surface area contributed by atoms with Gasteiger partial charge in [0, 0.05) is 36.4 Å².